The Balaban J connectivity index is 1.61. The van der Waals surface area contributed by atoms with Crippen molar-refractivity contribution in [1.29, 1.82) is 0 Å². The van der Waals surface area contributed by atoms with Crippen LogP contribution in [0.3, 0.4) is 0 Å². The van der Waals surface area contributed by atoms with Crippen LogP contribution in [0.4, 0.5) is 5.69 Å². The number of carboxylic acid groups (broad SMARTS) is 1. The van der Waals surface area contributed by atoms with Crippen molar-refractivity contribution in [1.82, 2.24) is 0 Å². The lowest BCUT2D eigenvalue weighted by atomic mass is 9.99. The molecule has 0 amide bonds. The average Bonchev–Trinajstić information content (AvgIpc) is 2.84. The van der Waals surface area contributed by atoms with E-state index in [-0.39, 0.29) is 21.9 Å². The third kappa shape index (κ3) is 5.07. The number of carbonyl (C=O) groups is 1. The molecule has 0 aliphatic carbocycles. The number of ether oxygens (including phenoxy) is 2. The van der Waals surface area contributed by atoms with Crippen molar-refractivity contribution in [3.63, 3.8) is 0 Å². The summed E-state index contributed by atoms with van der Waals surface area (Å²) in [5.41, 5.74) is -0.285. The lowest BCUT2D eigenvalue weighted by molar-refractivity contribution is -0.277. The Hall–Kier alpha value is -3.26. The quantitative estimate of drug-likeness (QED) is 0.265. The molecule has 0 radical (unpaired) electrons. The van der Waals surface area contributed by atoms with E-state index in [2.05, 4.69) is 4.72 Å². The summed E-state index contributed by atoms with van der Waals surface area (Å²) in [5, 5.41) is 49.7. The summed E-state index contributed by atoms with van der Waals surface area (Å²) >= 11 is 0. The number of aliphatic hydroxyl groups excluding tert-OH is 4. The predicted molar refractivity (Wildman–Crippen MR) is 123 cm³/mol. The van der Waals surface area contributed by atoms with Gasteiger partial charge < -0.3 is 35.0 Å². The fourth-order valence-electron chi connectivity index (χ4n) is 3.70. The molecule has 3 aromatic carbocycles. The molecule has 6 N–H and O–H groups in total. The number of carboxylic acids is 1. The maximum Gasteiger partial charge on any atom is 0.337 e. The Morgan fingerprint density at radius 1 is 0.943 bits per heavy atom. The molecular formula is C23H23NO10S. The van der Waals surface area contributed by atoms with Crippen LogP contribution in [0.25, 0.3) is 10.8 Å². The zero-order chi connectivity index (χ0) is 25.3. The second kappa shape index (κ2) is 9.77. The SMILES string of the molecule is O=C(O)c1ccccc1NS(=O)(=O)c1ccc2ccc(O[C@@H]3O[C@H](CO)[C@@H](O)[C@H](O)[C@H]3O)cc2c1. The van der Waals surface area contributed by atoms with Crippen LogP contribution >= 0.6 is 0 Å². The van der Waals surface area contributed by atoms with E-state index in [4.69, 9.17) is 9.47 Å². The fraction of sp³-hybridized carbons (Fsp3) is 0.261. The lowest BCUT2D eigenvalue weighted by Crippen LogP contribution is -2.60. The Morgan fingerprint density at radius 2 is 1.66 bits per heavy atom. The van der Waals surface area contributed by atoms with E-state index in [1.54, 1.807) is 18.2 Å². The van der Waals surface area contributed by atoms with Crippen LogP contribution in [0.15, 0.2) is 65.6 Å². The van der Waals surface area contributed by atoms with E-state index in [9.17, 15) is 38.7 Å². The monoisotopic (exact) mass is 505 g/mol. The topological polar surface area (TPSA) is 183 Å². The van der Waals surface area contributed by atoms with Gasteiger partial charge in [-0.15, -0.1) is 0 Å². The highest BCUT2D eigenvalue weighted by atomic mass is 32.2. The summed E-state index contributed by atoms with van der Waals surface area (Å²) in [6.45, 7) is -0.609. The fourth-order valence-corrected chi connectivity index (χ4v) is 4.82. The predicted octanol–water partition coefficient (Wildman–Crippen LogP) is 0.517. The minimum Gasteiger partial charge on any atom is -0.478 e. The standard InChI is InChI=1S/C23H23NO10S/c25-11-18-19(26)20(27)21(28)23(34-18)33-14-7-5-12-6-8-15(10-13(12)9-14)35(31,32)24-17-4-2-1-3-16(17)22(29)30/h1-10,18-21,23-28H,11H2,(H,29,30)/t18-,19-,20+,21-,23-/m1/s1. The van der Waals surface area contributed by atoms with Gasteiger partial charge >= 0.3 is 5.97 Å². The van der Waals surface area contributed by atoms with Crippen molar-refractivity contribution in [3.05, 3.63) is 66.2 Å². The number of benzene rings is 3. The normalized spacial score (nSPS) is 24.7. The van der Waals surface area contributed by atoms with Gasteiger partial charge in [0.2, 0.25) is 6.29 Å². The van der Waals surface area contributed by atoms with Crippen LogP contribution in [0, 0.1) is 0 Å². The van der Waals surface area contributed by atoms with Gasteiger partial charge in [-0.2, -0.15) is 0 Å². The highest BCUT2D eigenvalue weighted by Gasteiger charge is 2.44. The second-order valence-electron chi connectivity index (χ2n) is 7.94. The zero-order valence-corrected chi connectivity index (χ0v) is 18.9. The highest BCUT2D eigenvalue weighted by molar-refractivity contribution is 7.92. The summed E-state index contributed by atoms with van der Waals surface area (Å²) in [5.74, 6) is -1.11. The first-order valence-electron chi connectivity index (χ1n) is 10.5. The molecule has 1 aliphatic rings. The maximum atomic E-state index is 12.9. The number of para-hydroxylation sites is 1. The van der Waals surface area contributed by atoms with Crippen LogP contribution in [-0.2, 0) is 14.8 Å². The van der Waals surface area contributed by atoms with Gasteiger partial charge in [-0.05, 0) is 47.2 Å². The van der Waals surface area contributed by atoms with Crippen molar-refractivity contribution >= 4 is 32.5 Å². The molecule has 5 atom stereocenters. The van der Waals surface area contributed by atoms with Crippen molar-refractivity contribution in [2.45, 2.75) is 35.6 Å². The molecule has 35 heavy (non-hydrogen) atoms. The molecular weight excluding hydrogens is 482 g/mol. The number of aliphatic hydroxyl groups is 4. The number of aromatic carboxylic acids is 1. The number of rotatable bonds is 7. The average molecular weight is 506 g/mol. The first kappa shape index (κ1) is 24.9. The van der Waals surface area contributed by atoms with Crippen LogP contribution < -0.4 is 9.46 Å². The number of hydrogen-bond donors (Lipinski definition) is 6. The number of anilines is 1. The summed E-state index contributed by atoms with van der Waals surface area (Å²) in [6.07, 6.45) is -7.28. The summed E-state index contributed by atoms with van der Waals surface area (Å²) in [4.78, 5) is 11.3. The van der Waals surface area contributed by atoms with Gasteiger partial charge in [0.05, 0.1) is 22.8 Å². The molecule has 1 saturated heterocycles. The molecule has 1 heterocycles. The third-order valence-electron chi connectivity index (χ3n) is 5.60. The number of hydrogen-bond acceptors (Lipinski definition) is 9. The Kier molecular flexibility index (Phi) is 6.94. The van der Waals surface area contributed by atoms with E-state index < -0.39 is 53.3 Å². The van der Waals surface area contributed by atoms with E-state index in [1.807, 2.05) is 0 Å². The van der Waals surface area contributed by atoms with Gasteiger partial charge in [0.25, 0.3) is 10.0 Å². The van der Waals surface area contributed by atoms with E-state index in [1.165, 1.54) is 42.5 Å². The molecule has 0 saturated carbocycles. The second-order valence-corrected chi connectivity index (χ2v) is 9.62. The van der Waals surface area contributed by atoms with Gasteiger partial charge in [0.1, 0.15) is 30.2 Å². The Labute approximate surface area is 199 Å². The summed E-state index contributed by atoms with van der Waals surface area (Å²) < 4.78 is 39.1. The highest BCUT2D eigenvalue weighted by Crippen LogP contribution is 2.29. The van der Waals surface area contributed by atoms with Crippen LogP contribution in [0.1, 0.15) is 10.4 Å². The lowest BCUT2D eigenvalue weighted by Gasteiger charge is -2.39. The molecule has 0 bridgehead atoms. The number of sulfonamides is 1. The van der Waals surface area contributed by atoms with E-state index in [0.717, 1.165) is 0 Å². The molecule has 3 aromatic rings. The van der Waals surface area contributed by atoms with Crippen LogP contribution in [-0.4, -0.2) is 77.2 Å². The Morgan fingerprint density at radius 3 is 2.37 bits per heavy atom. The first-order chi connectivity index (χ1) is 16.6. The molecule has 4 rings (SSSR count). The minimum atomic E-state index is -4.14. The number of nitrogens with one attached hydrogen (secondary N) is 1. The molecule has 12 heteroatoms. The molecule has 0 spiro atoms. The van der Waals surface area contributed by atoms with Gasteiger partial charge in [0.15, 0.2) is 0 Å². The van der Waals surface area contributed by atoms with Crippen molar-refractivity contribution < 1.29 is 48.2 Å². The first-order valence-corrected chi connectivity index (χ1v) is 11.9. The van der Waals surface area contributed by atoms with Crippen molar-refractivity contribution in [3.8, 4) is 5.75 Å². The molecule has 11 nitrogen and oxygen atoms in total. The molecule has 0 aromatic heterocycles. The van der Waals surface area contributed by atoms with E-state index in [0.29, 0.717) is 10.8 Å². The minimum absolute atomic E-state index is 0.0835. The number of fused-ring (bicyclic) bond motifs is 1. The largest absolute Gasteiger partial charge is 0.478 e. The molecule has 1 fully saturated rings. The molecule has 186 valence electrons. The van der Waals surface area contributed by atoms with Crippen molar-refractivity contribution in [2.24, 2.45) is 0 Å². The summed E-state index contributed by atoms with van der Waals surface area (Å²) in [7, 11) is -4.14. The van der Waals surface area contributed by atoms with Crippen LogP contribution in [0.2, 0.25) is 0 Å². The van der Waals surface area contributed by atoms with Gasteiger partial charge in [0, 0.05) is 0 Å². The van der Waals surface area contributed by atoms with Gasteiger partial charge in [-0.3, -0.25) is 4.72 Å². The van der Waals surface area contributed by atoms with Crippen molar-refractivity contribution in [2.75, 3.05) is 11.3 Å². The third-order valence-corrected chi connectivity index (χ3v) is 6.96. The Bertz CT molecular complexity index is 1340. The smallest absolute Gasteiger partial charge is 0.337 e. The van der Waals surface area contributed by atoms with Gasteiger partial charge in [-0.25, -0.2) is 13.2 Å². The zero-order valence-electron chi connectivity index (χ0n) is 18.1. The molecule has 0 unspecified atom stereocenters. The van der Waals surface area contributed by atoms with Crippen LogP contribution in [0.5, 0.6) is 5.75 Å². The molecule has 1 aliphatic heterocycles. The van der Waals surface area contributed by atoms with Gasteiger partial charge in [-0.1, -0.05) is 24.3 Å². The summed E-state index contributed by atoms with van der Waals surface area (Å²) in [6, 6.07) is 14.6. The van der Waals surface area contributed by atoms with E-state index >= 15 is 0 Å². The maximum absolute atomic E-state index is 12.9.